The molecule has 2 rings (SSSR count). The van der Waals surface area contributed by atoms with Crippen molar-refractivity contribution in [2.45, 2.75) is 53.9 Å². The lowest BCUT2D eigenvalue weighted by atomic mass is 9.72. The molecule has 0 atom stereocenters. The topological polar surface area (TPSA) is 72.4 Å². The van der Waals surface area contributed by atoms with Crippen molar-refractivity contribution in [3.63, 3.8) is 0 Å². The maximum Gasteiger partial charge on any atom is 0.248 e. The van der Waals surface area contributed by atoms with E-state index in [9.17, 15) is 15.0 Å². The van der Waals surface area contributed by atoms with Crippen LogP contribution in [0.2, 0.25) is 0 Å². The van der Waals surface area contributed by atoms with E-state index in [1.807, 2.05) is 25.2 Å². The summed E-state index contributed by atoms with van der Waals surface area (Å²) in [5, 5.41) is 23.5. The fourth-order valence-corrected chi connectivity index (χ4v) is 3.67. The average Bonchev–Trinajstić information content (AvgIpc) is 2.63. The first-order chi connectivity index (χ1) is 14.1. The third-order valence-corrected chi connectivity index (χ3v) is 5.36. The fourth-order valence-electron chi connectivity index (χ4n) is 3.67. The van der Waals surface area contributed by atoms with Crippen LogP contribution in [0.4, 0.5) is 5.69 Å². The van der Waals surface area contributed by atoms with Gasteiger partial charge in [0.15, 0.2) is 0 Å². The second kappa shape index (κ2) is 10.1. The van der Waals surface area contributed by atoms with Crippen molar-refractivity contribution in [3.05, 3.63) is 76.9 Å². The van der Waals surface area contributed by atoms with Gasteiger partial charge in [-0.05, 0) is 74.8 Å². The number of carbonyl (C=O) groups is 1. The number of aromatic hydroxyl groups is 1. The normalized spacial score (nSPS) is 17.8. The van der Waals surface area contributed by atoms with Crippen LogP contribution in [0.25, 0.3) is 0 Å². The van der Waals surface area contributed by atoms with E-state index in [0.717, 1.165) is 17.2 Å². The molecule has 160 valence electrons. The molecule has 0 heterocycles. The van der Waals surface area contributed by atoms with Gasteiger partial charge in [-0.25, -0.2) is 0 Å². The van der Waals surface area contributed by atoms with Crippen molar-refractivity contribution >= 4 is 11.6 Å². The molecular formula is C26H32NO3-. The Morgan fingerprint density at radius 2 is 1.93 bits per heavy atom. The summed E-state index contributed by atoms with van der Waals surface area (Å²) >= 11 is 0. The number of hydrogen-bond donors (Lipinski definition) is 2. The highest BCUT2D eigenvalue weighted by molar-refractivity contribution is 6.00. The minimum absolute atomic E-state index is 0.123. The van der Waals surface area contributed by atoms with Crippen LogP contribution >= 0.6 is 0 Å². The van der Waals surface area contributed by atoms with E-state index >= 15 is 0 Å². The SMILES string of the molecule is CC1=C(/C=C/C(C)=C/C=C/C(C)=C/C(=O)Nc2ccc(O)cc2[O-])C(C)(C)CCC1. The number of phenols is 1. The highest BCUT2D eigenvalue weighted by Gasteiger charge is 2.26. The molecule has 1 aliphatic carbocycles. The van der Waals surface area contributed by atoms with E-state index in [0.29, 0.717) is 0 Å². The third-order valence-electron chi connectivity index (χ3n) is 5.36. The molecule has 0 unspecified atom stereocenters. The molecule has 0 spiro atoms. The third kappa shape index (κ3) is 6.80. The summed E-state index contributed by atoms with van der Waals surface area (Å²) < 4.78 is 0. The van der Waals surface area contributed by atoms with Gasteiger partial charge in [-0.1, -0.05) is 61.1 Å². The van der Waals surface area contributed by atoms with E-state index in [4.69, 9.17) is 0 Å². The van der Waals surface area contributed by atoms with Crippen LogP contribution in [0.5, 0.6) is 11.5 Å². The lowest BCUT2D eigenvalue weighted by Gasteiger charge is -2.32. The Balaban J connectivity index is 1.98. The average molecular weight is 407 g/mol. The molecule has 1 aliphatic rings. The molecule has 1 aromatic carbocycles. The second-order valence-electron chi connectivity index (χ2n) is 8.59. The highest BCUT2D eigenvalue weighted by Crippen LogP contribution is 2.40. The summed E-state index contributed by atoms with van der Waals surface area (Å²) in [4.78, 5) is 12.1. The van der Waals surface area contributed by atoms with Crippen LogP contribution in [0.1, 0.15) is 53.9 Å². The van der Waals surface area contributed by atoms with Gasteiger partial charge in [0, 0.05) is 11.8 Å². The van der Waals surface area contributed by atoms with E-state index in [1.165, 1.54) is 48.6 Å². The van der Waals surface area contributed by atoms with Gasteiger partial charge < -0.3 is 15.5 Å². The molecule has 0 fully saturated rings. The Bertz CT molecular complexity index is 943. The molecule has 0 bridgehead atoms. The van der Waals surface area contributed by atoms with E-state index in [2.05, 4.69) is 45.2 Å². The maximum atomic E-state index is 12.1. The predicted octanol–water partition coefficient (Wildman–Crippen LogP) is 5.94. The monoisotopic (exact) mass is 406 g/mol. The summed E-state index contributed by atoms with van der Waals surface area (Å²) in [6, 6.07) is 3.82. The van der Waals surface area contributed by atoms with Crippen molar-refractivity contribution in [2.75, 3.05) is 5.32 Å². The Morgan fingerprint density at radius 3 is 2.60 bits per heavy atom. The molecule has 4 heteroatoms. The number of allylic oxidation sites excluding steroid dienone is 9. The summed E-state index contributed by atoms with van der Waals surface area (Å²) in [6.07, 6.45) is 15.2. The van der Waals surface area contributed by atoms with Gasteiger partial charge in [0.1, 0.15) is 5.75 Å². The van der Waals surface area contributed by atoms with E-state index < -0.39 is 5.75 Å². The van der Waals surface area contributed by atoms with Gasteiger partial charge in [0.2, 0.25) is 5.91 Å². The highest BCUT2D eigenvalue weighted by atomic mass is 16.3. The zero-order valence-electron chi connectivity index (χ0n) is 18.6. The molecule has 2 N–H and O–H groups in total. The van der Waals surface area contributed by atoms with Gasteiger partial charge in [-0.3, -0.25) is 4.79 Å². The van der Waals surface area contributed by atoms with Crippen molar-refractivity contribution in [3.8, 4) is 11.5 Å². The Kier molecular flexibility index (Phi) is 7.87. The molecule has 4 nitrogen and oxygen atoms in total. The van der Waals surface area contributed by atoms with Crippen LogP contribution in [-0.2, 0) is 4.79 Å². The summed E-state index contributed by atoms with van der Waals surface area (Å²) in [5.41, 5.74) is 5.17. The number of hydrogen-bond acceptors (Lipinski definition) is 3. The van der Waals surface area contributed by atoms with Crippen molar-refractivity contribution in [2.24, 2.45) is 5.41 Å². The fraction of sp³-hybridized carbons (Fsp3) is 0.346. The standard InChI is InChI=1S/C26H33NO3/c1-18(11-13-22-20(3)10-7-15-26(22,4)5)8-6-9-19(2)16-25(30)27-23-14-12-21(28)17-24(23)29/h6,8-9,11-14,16-17,28-29H,7,10,15H2,1-5H3,(H,27,30)/p-1/b9-6+,13-11+,18-8+,19-16+. The lowest BCUT2D eigenvalue weighted by molar-refractivity contribution is -0.267. The molecule has 1 amide bonds. The quantitative estimate of drug-likeness (QED) is 0.349. The van der Waals surface area contributed by atoms with Gasteiger partial charge >= 0.3 is 0 Å². The smallest absolute Gasteiger partial charge is 0.248 e. The summed E-state index contributed by atoms with van der Waals surface area (Å²) in [5.74, 6) is -0.938. The number of amides is 1. The first-order valence-electron chi connectivity index (χ1n) is 10.3. The Labute approximate surface area is 180 Å². The van der Waals surface area contributed by atoms with Crippen LogP contribution in [0, 0.1) is 5.41 Å². The molecule has 0 saturated carbocycles. The Hall–Kier alpha value is -3.01. The zero-order chi connectivity index (χ0) is 22.3. The number of anilines is 1. The van der Waals surface area contributed by atoms with Crippen LogP contribution in [0.15, 0.2) is 76.9 Å². The van der Waals surface area contributed by atoms with Crippen LogP contribution in [-0.4, -0.2) is 11.0 Å². The lowest BCUT2D eigenvalue weighted by Crippen LogP contribution is -2.19. The number of phenolic OH excluding ortho intramolecular Hbond substituents is 1. The molecule has 30 heavy (non-hydrogen) atoms. The molecule has 0 radical (unpaired) electrons. The van der Waals surface area contributed by atoms with Crippen molar-refractivity contribution in [1.82, 2.24) is 0 Å². The van der Waals surface area contributed by atoms with Gasteiger partial charge in [0.05, 0.1) is 0 Å². The van der Waals surface area contributed by atoms with Crippen LogP contribution in [0.3, 0.4) is 0 Å². The largest absolute Gasteiger partial charge is 0.871 e. The first-order valence-corrected chi connectivity index (χ1v) is 10.3. The molecular weight excluding hydrogens is 374 g/mol. The summed E-state index contributed by atoms with van der Waals surface area (Å²) in [6.45, 7) is 10.7. The molecule has 0 aliphatic heterocycles. The summed E-state index contributed by atoms with van der Waals surface area (Å²) in [7, 11) is 0. The Morgan fingerprint density at radius 1 is 1.20 bits per heavy atom. The predicted molar refractivity (Wildman–Crippen MR) is 122 cm³/mol. The number of benzene rings is 1. The van der Waals surface area contributed by atoms with Crippen molar-refractivity contribution < 1.29 is 15.0 Å². The molecule has 0 aromatic heterocycles. The zero-order valence-corrected chi connectivity index (χ0v) is 18.6. The van der Waals surface area contributed by atoms with Crippen LogP contribution < -0.4 is 10.4 Å². The molecule has 1 aromatic rings. The van der Waals surface area contributed by atoms with Gasteiger partial charge in [-0.2, -0.15) is 0 Å². The van der Waals surface area contributed by atoms with E-state index in [-0.39, 0.29) is 22.8 Å². The first kappa shape index (κ1) is 23.3. The minimum Gasteiger partial charge on any atom is -0.871 e. The second-order valence-corrected chi connectivity index (χ2v) is 8.59. The maximum absolute atomic E-state index is 12.1. The van der Waals surface area contributed by atoms with Crippen molar-refractivity contribution in [1.29, 1.82) is 0 Å². The van der Waals surface area contributed by atoms with E-state index in [1.54, 1.807) is 0 Å². The number of carbonyl (C=O) groups excluding carboxylic acids is 1. The van der Waals surface area contributed by atoms with Gasteiger partial charge in [-0.15, -0.1) is 0 Å². The van der Waals surface area contributed by atoms with Gasteiger partial charge in [0.25, 0.3) is 0 Å². The number of nitrogens with one attached hydrogen (secondary N) is 1. The molecule has 0 saturated heterocycles. The number of rotatable bonds is 6. The minimum atomic E-state index is -0.429.